The van der Waals surface area contributed by atoms with Crippen molar-refractivity contribution in [1.82, 2.24) is 19.6 Å². The third-order valence-electron chi connectivity index (χ3n) is 6.04. The molecule has 1 atom stereocenters. The minimum Gasteiger partial charge on any atom is -0.497 e. The second-order valence-corrected chi connectivity index (χ2v) is 9.12. The first-order valence-corrected chi connectivity index (χ1v) is 12.0. The number of carbonyl (C=O) groups is 1. The standard InChI is InChI=1S/C25H21N5O4S/c1-15-11-23-26-27-25(29(23)19-12-16(32-2)7-8-17(15)19)35-14-24(31)30-20(22-6-4-10-34-22)13-18(28-30)21-5-3-9-33-21/h3-12,20H,13-14H2,1-2H3. The Balaban J connectivity index is 1.31. The highest BCUT2D eigenvalue weighted by Crippen LogP contribution is 2.34. The van der Waals surface area contributed by atoms with E-state index in [-0.39, 0.29) is 17.7 Å². The van der Waals surface area contributed by atoms with Gasteiger partial charge in [-0.3, -0.25) is 9.20 Å². The maximum Gasteiger partial charge on any atom is 0.253 e. The number of ether oxygens (including phenoxy) is 1. The first kappa shape index (κ1) is 21.5. The van der Waals surface area contributed by atoms with Crippen LogP contribution in [0.3, 0.4) is 0 Å². The molecule has 0 fully saturated rings. The van der Waals surface area contributed by atoms with E-state index in [9.17, 15) is 4.79 Å². The molecule has 1 unspecified atom stereocenters. The first-order chi connectivity index (χ1) is 17.1. The number of thioether (sulfide) groups is 1. The maximum absolute atomic E-state index is 13.4. The van der Waals surface area contributed by atoms with Crippen LogP contribution in [0.5, 0.6) is 5.75 Å². The normalized spacial score (nSPS) is 15.8. The summed E-state index contributed by atoms with van der Waals surface area (Å²) in [5.41, 5.74) is 3.43. The van der Waals surface area contributed by atoms with E-state index in [1.54, 1.807) is 31.8 Å². The van der Waals surface area contributed by atoms with Gasteiger partial charge < -0.3 is 13.6 Å². The van der Waals surface area contributed by atoms with E-state index in [4.69, 9.17) is 13.6 Å². The number of furan rings is 2. The molecule has 0 bridgehead atoms. The predicted molar refractivity (Wildman–Crippen MR) is 131 cm³/mol. The molecule has 9 nitrogen and oxygen atoms in total. The molecule has 5 heterocycles. The number of hydrazone groups is 1. The number of pyridine rings is 1. The van der Waals surface area contributed by atoms with E-state index in [1.807, 2.05) is 47.7 Å². The van der Waals surface area contributed by atoms with E-state index in [0.29, 0.717) is 34.5 Å². The summed E-state index contributed by atoms with van der Waals surface area (Å²) in [6.07, 6.45) is 3.70. The molecule has 0 saturated carbocycles. The van der Waals surface area contributed by atoms with Gasteiger partial charge >= 0.3 is 0 Å². The summed E-state index contributed by atoms with van der Waals surface area (Å²) in [4.78, 5) is 13.4. The van der Waals surface area contributed by atoms with Crippen molar-refractivity contribution in [3.8, 4) is 5.75 Å². The van der Waals surface area contributed by atoms with Crippen molar-refractivity contribution in [3.63, 3.8) is 0 Å². The van der Waals surface area contributed by atoms with Crippen molar-refractivity contribution in [2.45, 2.75) is 24.5 Å². The third kappa shape index (κ3) is 3.75. The molecule has 5 aromatic rings. The third-order valence-corrected chi connectivity index (χ3v) is 6.96. The molecule has 0 spiro atoms. The zero-order valence-electron chi connectivity index (χ0n) is 19.0. The highest BCUT2D eigenvalue weighted by atomic mass is 32.2. The van der Waals surface area contributed by atoms with Gasteiger partial charge in [-0.15, -0.1) is 10.2 Å². The lowest BCUT2D eigenvalue weighted by Crippen LogP contribution is -2.28. The average molecular weight is 488 g/mol. The molecule has 6 rings (SSSR count). The van der Waals surface area contributed by atoms with Crippen LogP contribution in [-0.2, 0) is 4.79 Å². The molecule has 1 aliphatic rings. The molecule has 0 N–H and O–H groups in total. The Bertz CT molecular complexity index is 1560. The lowest BCUT2D eigenvalue weighted by atomic mass is 10.1. The fraction of sp³-hybridized carbons (Fsp3) is 0.200. The zero-order chi connectivity index (χ0) is 23.9. The molecular weight excluding hydrogens is 466 g/mol. The lowest BCUT2D eigenvalue weighted by Gasteiger charge is -2.19. The maximum atomic E-state index is 13.4. The molecule has 35 heavy (non-hydrogen) atoms. The predicted octanol–water partition coefficient (Wildman–Crippen LogP) is 4.86. The number of benzene rings is 1. The number of carbonyl (C=O) groups excluding carboxylic acids is 1. The number of aromatic nitrogens is 3. The SMILES string of the molecule is COc1ccc2c(C)cc3nnc(SCC(=O)N4N=C(c5ccco5)CC4c4ccco4)n3c2c1. The van der Waals surface area contributed by atoms with E-state index < -0.39 is 0 Å². The Labute approximate surface area is 204 Å². The molecule has 1 aromatic carbocycles. The molecule has 4 aromatic heterocycles. The molecule has 0 radical (unpaired) electrons. The van der Waals surface area contributed by atoms with Gasteiger partial charge in [-0.2, -0.15) is 5.10 Å². The van der Waals surface area contributed by atoms with Crippen LogP contribution in [0.4, 0.5) is 0 Å². The summed E-state index contributed by atoms with van der Waals surface area (Å²) in [5, 5.41) is 16.5. The van der Waals surface area contributed by atoms with Crippen molar-refractivity contribution in [3.05, 3.63) is 78.1 Å². The van der Waals surface area contributed by atoms with Crippen LogP contribution in [0.15, 0.2) is 80.1 Å². The summed E-state index contributed by atoms with van der Waals surface area (Å²) in [6, 6.07) is 14.9. The van der Waals surface area contributed by atoms with E-state index in [2.05, 4.69) is 15.3 Å². The topological polar surface area (TPSA) is 98.4 Å². The number of rotatable bonds is 6. The number of amides is 1. The average Bonchev–Trinajstić information content (AvgIpc) is 3.67. The first-order valence-electron chi connectivity index (χ1n) is 11.0. The van der Waals surface area contributed by atoms with Crippen molar-refractivity contribution >= 4 is 39.9 Å². The largest absolute Gasteiger partial charge is 0.497 e. The van der Waals surface area contributed by atoms with Crippen molar-refractivity contribution in [2.75, 3.05) is 12.9 Å². The Morgan fingerprint density at radius 2 is 2.00 bits per heavy atom. The molecule has 1 amide bonds. The molecule has 1 aliphatic heterocycles. The number of hydrogen-bond donors (Lipinski definition) is 0. The summed E-state index contributed by atoms with van der Waals surface area (Å²) >= 11 is 1.32. The quantitative estimate of drug-likeness (QED) is 0.316. The Hall–Kier alpha value is -4.05. The molecule has 0 saturated heterocycles. The fourth-order valence-corrected chi connectivity index (χ4v) is 5.15. The second kappa shape index (κ2) is 8.62. The Kier molecular flexibility index (Phi) is 5.29. The number of aryl methyl sites for hydroxylation is 1. The van der Waals surface area contributed by atoms with Crippen LogP contribution in [0.1, 0.15) is 29.5 Å². The van der Waals surface area contributed by atoms with Crippen LogP contribution in [0, 0.1) is 6.92 Å². The summed E-state index contributed by atoms with van der Waals surface area (Å²) in [5.74, 6) is 2.03. The van der Waals surface area contributed by atoms with Crippen LogP contribution < -0.4 is 4.74 Å². The highest BCUT2D eigenvalue weighted by Gasteiger charge is 2.35. The van der Waals surface area contributed by atoms with Crippen molar-refractivity contribution in [1.29, 1.82) is 0 Å². The van der Waals surface area contributed by atoms with Gasteiger partial charge in [0.05, 0.1) is 30.9 Å². The van der Waals surface area contributed by atoms with Crippen LogP contribution >= 0.6 is 11.8 Å². The van der Waals surface area contributed by atoms with Crippen LogP contribution in [0.25, 0.3) is 16.6 Å². The summed E-state index contributed by atoms with van der Waals surface area (Å²) in [7, 11) is 1.64. The monoisotopic (exact) mass is 487 g/mol. The van der Waals surface area contributed by atoms with Gasteiger partial charge in [-0.1, -0.05) is 11.8 Å². The van der Waals surface area contributed by atoms with Gasteiger partial charge in [-0.05, 0) is 55.0 Å². The Morgan fingerprint density at radius 1 is 1.14 bits per heavy atom. The van der Waals surface area contributed by atoms with Crippen LogP contribution in [-0.4, -0.2) is 44.1 Å². The van der Waals surface area contributed by atoms with Crippen molar-refractivity contribution < 1.29 is 18.4 Å². The highest BCUT2D eigenvalue weighted by molar-refractivity contribution is 7.99. The molecule has 0 aliphatic carbocycles. The van der Waals surface area contributed by atoms with E-state index >= 15 is 0 Å². The fourth-order valence-electron chi connectivity index (χ4n) is 4.35. The van der Waals surface area contributed by atoms with Crippen molar-refractivity contribution in [2.24, 2.45) is 5.10 Å². The Morgan fingerprint density at radius 3 is 2.77 bits per heavy atom. The number of methoxy groups -OCH3 is 1. The van der Waals surface area contributed by atoms with Gasteiger partial charge in [-0.25, -0.2) is 5.01 Å². The number of hydrogen-bond acceptors (Lipinski definition) is 8. The lowest BCUT2D eigenvalue weighted by molar-refractivity contribution is -0.130. The second-order valence-electron chi connectivity index (χ2n) is 8.17. The number of fused-ring (bicyclic) bond motifs is 3. The van der Waals surface area contributed by atoms with Gasteiger partial charge in [0.1, 0.15) is 29.0 Å². The summed E-state index contributed by atoms with van der Waals surface area (Å²) in [6.45, 7) is 2.04. The minimum absolute atomic E-state index is 0.131. The van der Waals surface area contributed by atoms with Gasteiger partial charge in [0.15, 0.2) is 10.8 Å². The molecule has 10 heteroatoms. The van der Waals surface area contributed by atoms with Gasteiger partial charge in [0.25, 0.3) is 5.91 Å². The molecule has 176 valence electrons. The summed E-state index contributed by atoms with van der Waals surface area (Å²) < 4.78 is 18.5. The number of nitrogens with zero attached hydrogens (tertiary/aromatic N) is 5. The minimum atomic E-state index is -0.332. The van der Waals surface area contributed by atoms with Gasteiger partial charge in [0.2, 0.25) is 0 Å². The van der Waals surface area contributed by atoms with Crippen LogP contribution in [0.2, 0.25) is 0 Å². The van der Waals surface area contributed by atoms with E-state index in [1.165, 1.54) is 16.8 Å². The molecular formula is C25H21N5O4S. The van der Waals surface area contributed by atoms with Gasteiger partial charge in [0, 0.05) is 17.9 Å². The smallest absolute Gasteiger partial charge is 0.253 e. The van der Waals surface area contributed by atoms with E-state index in [0.717, 1.165) is 22.2 Å². The zero-order valence-corrected chi connectivity index (χ0v) is 19.9.